The SMILES string of the molecule is Fc1ccc(-c2cc(-c3cc(OC(F)(F)F)ccc3Br)n[nH]2)cc1. The number of nitrogens with one attached hydrogen (secondary N) is 1. The van der Waals surface area contributed by atoms with Crippen LogP contribution in [0.4, 0.5) is 17.6 Å². The van der Waals surface area contributed by atoms with Gasteiger partial charge in [0.1, 0.15) is 11.6 Å². The number of aromatic nitrogens is 2. The van der Waals surface area contributed by atoms with E-state index in [1.54, 1.807) is 18.2 Å². The van der Waals surface area contributed by atoms with E-state index in [-0.39, 0.29) is 11.6 Å². The first-order valence-corrected chi connectivity index (χ1v) is 7.48. The summed E-state index contributed by atoms with van der Waals surface area (Å²) in [7, 11) is 0. The maximum absolute atomic E-state index is 13.0. The summed E-state index contributed by atoms with van der Waals surface area (Å²) < 4.78 is 54.5. The molecule has 0 spiro atoms. The molecule has 0 radical (unpaired) electrons. The molecule has 0 saturated heterocycles. The molecule has 3 rings (SSSR count). The van der Waals surface area contributed by atoms with Gasteiger partial charge in [-0.05, 0) is 54.1 Å². The maximum atomic E-state index is 13.0. The second-order valence-electron chi connectivity index (χ2n) is 4.86. The van der Waals surface area contributed by atoms with Crippen LogP contribution in [0.3, 0.4) is 0 Å². The Balaban J connectivity index is 1.94. The van der Waals surface area contributed by atoms with Gasteiger partial charge in [0.15, 0.2) is 0 Å². The summed E-state index contributed by atoms with van der Waals surface area (Å²) in [5, 5.41) is 6.88. The van der Waals surface area contributed by atoms with Crippen LogP contribution in [0.2, 0.25) is 0 Å². The van der Waals surface area contributed by atoms with E-state index in [2.05, 4.69) is 30.9 Å². The van der Waals surface area contributed by atoms with Crippen molar-refractivity contribution in [1.82, 2.24) is 10.2 Å². The van der Waals surface area contributed by atoms with Crippen molar-refractivity contribution in [2.75, 3.05) is 0 Å². The first kappa shape index (κ1) is 16.5. The number of alkyl halides is 3. The summed E-state index contributed by atoms with van der Waals surface area (Å²) in [6, 6.07) is 11.3. The highest BCUT2D eigenvalue weighted by molar-refractivity contribution is 9.10. The van der Waals surface area contributed by atoms with E-state index in [4.69, 9.17) is 0 Å². The Morgan fingerprint density at radius 3 is 2.38 bits per heavy atom. The molecule has 3 aromatic rings. The van der Waals surface area contributed by atoms with Crippen molar-refractivity contribution in [2.24, 2.45) is 0 Å². The molecule has 0 bridgehead atoms. The van der Waals surface area contributed by atoms with Crippen molar-refractivity contribution < 1.29 is 22.3 Å². The molecule has 1 heterocycles. The van der Waals surface area contributed by atoms with Gasteiger partial charge in [-0.1, -0.05) is 15.9 Å². The molecule has 0 aliphatic heterocycles. The summed E-state index contributed by atoms with van der Waals surface area (Å²) in [5.41, 5.74) is 2.17. The average Bonchev–Trinajstić information content (AvgIpc) is 2.98. The zero-order valence-electron chi connectivity index (χ0n) is 11.9. The van der Waals surface area contributed by atoms with E-state index in [0.29, 0.717) is 27.0 Å². The second-order valence-corrected chi connectivity index (χ2v) is 5.72. The molecular formula is C16H9BrF4N2O. The molecule has 0 unspecified atom stereocenters. The smallest absolute Gasteiger partial charge is 0.406 e. The minimum atomic E-state index is -4.77. The lowest BCUT2D eigenvalue weighted by atomic mass is 10.1. The summed E-state index contributed by atoms with van der Waals surface area (Å²) in [6.45, 7) is 0. The topological polar surface area (TPSA) is 37.9 Å². The van der Waals surface area contributed by atoms with Gasteiger partial charge in [-0.15, -0.1) is 13.2 Å². The van der Waals surface area contributed by atoms with Crippen LogP contribution in [0.5, 0.6) is 5.75 Å². The van der Waals surface area contributed by atoms with E-state index >= 15 is 0 Å². The number of nitrogens with zero attached hydrogens (tertiary/aromatic N) is 1. The van der Waals surface area contributed by atoms with Gasteiger partial charge in [-0.2, -0.15) is 5.10 Å². The van der Waals surface area contributed by atoms with Crippen LogP contribution in [-0.2, 0) is 0 Å². The lowest BCUT2D eigenvalue weighted by molar-refractivity contribution is -0.274. The summed E-state index contributed by atoms with van der Waals surface area (Å²) in [5.74, 6) is -0.703. The fourth-order valence-electron chi connectivity index (χ4n) is 2.13. The highest BCUT2D eigenvalue weighted by Crippen LogP contribution is 2.34. The minimum Gasteiger partial charge on any atom is -0.406 e. The molecule has 0 aliphatic carbocycles. The number of ether oxygens (including phenoxy) is 1. The molecule has 0 amide bonds. The normalized spacial score (nSPS) is 11.5. The number of H-pyrrole nitrogens is 1. The first-order valence-electron chi connectivity index (χ1n) is 6.69. The van der Waals surface area contributed by atoms with E-state index in [1.807, 2.05) is 0 Å². The fourth-order valence-corrected chi connectivity index (χ4v) is 2.58. The van der Waals surface area contributed by atoms with E-state index < -0.39 is 6.36 Å². The Bertz CT molecular complexity index is 859. The molecule has 0 saturated carbocycles. The van der Waals surface area contributed by atoms with Gasteiger partial charge in [0.25, 0.3) is 0 Å². The fraction of sp³-hybridized carbons (Fsp3) is 0.0625. The van der Waals surface area contributed by atoms with Gasteiger partial charge in [0, 0.05) is 10.0 Å². The van der Waals surface area contributed by atoms with Gasteiger partial charge in [-0.25, -0.2) is 4.39 Å². The number of hydrogen-bond acceptors (Lipinski definition) is 2. The molecular weight excluding hydrogens is 392 g/mol. The highest BCUT2D eigenvalue weighted by Gasteiger charge is 2.31. The molecule has 8 heteroatoms. The van der Waals surface area contributed by atoms with Crippen molar-refractivity contribution in [3.8, 4) is 28.3 Å². The number of rotatable bonds is 3. The first-order chi connectivity index (χ1) is 11.3. The zero-order valence-corrected chi connectivity index (χ0v) is 13.5. The third-order valence-corrected chi connectivity index (χ3v) is 3.87. The molecule has 0 atom stereocenters. The van der Waals surface area contributed by atoms with Crippen LogP contribution in [0.25, 0.3) is 22.5 Å². The predicted octanol–water partition coefficient (Wildman–Crippen LogP) is 5.54. The standard InChI is InChI=1S/C16H9BrF4N2O/c17-13-6-5-11(24-16(19,20)21)7-12(13)15-8-14(22-23-15)9-1-3-10(18)4-2-9/h1-8H,(H,22,23). The quantitative estimate of drug-likeness (QED) is 0.585. The Morgan fingerprint density at radius 2 is 1.71 bits per heavy atom. The van der Waals surface area contributed by atoms with Gasteiger partial charge in [-0.3, -0.25) is 5.10 Å². The Morgan fingerprint density at radius 1 is 1.00 bits per heavy atom. The third kappa shape index (κ3) is 3.76. The van der Waals surface area contributed by atoms with Gasteiger partial charge < -0.3 is 4.74 Å². The van der Waals surface area contributed by atoms with Crippen molar-refractivity contribution in [1.29, 1.82) is 0 Å². The van der Waals surface area contributed by atoms with E-state index in [1.165, 1.54) is 30.3 Å². The Kier molecular flexibility index (Phi) is 4.31. The van der Waals surface area contributed by atoms with Crippen LogP contribution < -0.4 is 4.74 Å². The van der Waals surface area contributed by atoms with E-state index in [9.17, 15) is 17.6 Å². The molecule has 124 valence electrons. The third-order valence-electron chi connectivity index (χ3n) is 3.18. The highest BCUT2D eigenvalue weighted by atomic mass is 79.9. The zero-order chi connectivity index (χ0) is 17.3. The maximum Gasteiger partial charge on any atom is 0.573 e. The van der Waals surface area contributed by atoms with Crippen molar-refractivity contribution in [3.63, 3.8) is 0 Å². The molecule has 2 aromatic carbocycles. The lowest BCUT2D eigenvalue weighted by Crippen LogP contribution is -2.17. The average molecular weight is 401 g/mol. The summed E-state index contributed by atoms with van der Waals surface area (Å²) >= 11 is 3.28. The van der Waals surface area contributed by atoms with E-state index in [0.717, 1.165) is 0 Å². The lowest BCUT2D eigenvalue weighted by Gasteiger charge is -2.10. The van der Waals surface area contributed by atoms with Crippen molar-refractivity contribution in [3.05, 3.63) is 58.8 Å². The van der Waals surface area contributed by atoms with Crippen LogP contribution in [0.1, 0.15) is 0 Å². The van der Waals surface area contributed by atoms with Gasteiger partial charge in [0.05, 0.1) is 11.4 Å². The largest absolute Gasteiger partial charge is 0.573 e. The molecule has 0 aliphatic rings. The van der Waals surface area contributed by atoms with Crippen LogP contribution >= 0.6 is 15.9 Å². The molecule has 3 nitrogen and oxygen atoms in total. The van der Waals surface area contributed by atoms with Gasteiger partial charge in [0.2, 0.25) is 0 Å². The number of aromatic amines is 1. The molecule has 1 N–H and O–H groups in total. The number of hydrogen-bond donors (Lipinski definition) is 1. The Labute approximate surface area is 142 Å². The molecule has 1 aromatic heterocycles. The summed E-state index contributed by atoms with van der Waals surface area (Å²) in [4.78, 5) is 0. The minimum absolute atomic E-state index is 0.341. The number of halogens is 5. The van der Waals surface area contributed by atoms with Crippen molar-refractivity contribution in [2.45, 2.75) is 6.36 Å². The van der Waals surface area contributed by atoms with Crippen molar-refractivity contribution >= 4 is 15.9 Å². The van der Waals surface area contributed by atoms with Crippen LogP contribution in [0, 0.1) is 5.82 Å². The molecule has 0 fully saturated rings. The number of benzene rings is 2. The van der Waals surface area contributed by atoms with Crippen LogP contribution in [0.15, 0.2) is 53.0 Å². The molecule has 24 heavy (non-hydrogen) atoms. The predicted molar refractivity (Wildman–Crippen MR) is 83.8 cm³/mol. The monoisotopic (exact) mass is 400 g/mol. The second kappa shape index (κ2) is 6.27. The van der Waals surface area contributed by atoms with Crippen LogP contribution in [-0.4, -0.2) is 16.6 Å². The van der Waals surface area contributed by atoms with Gasteiger partial charge >= 0.3 is 6.36 Å². The Hall–Kier alpha value is -2.35. The summed E-state index contributed by atoms with van der Waals surface area (Å²) in [6.07, 6.45) is -4.77.